The number of carbonyl (C=O) groups excluding carboxylic acids is 2. The Morgan fingerprint density at radius 2 is 1.24 bits per heavy atom. The fourth-order valence-electron chi connectivity index (χ4n) is 0.417. The maximum absolute atomic E-state index is 10.4. The zero-order valence-corrected chi connectivity index (χ0v) is 12.5. The molecule has 104 valence electrons. The molecule has 0 aromatic heterocycles. The quantitative estimate of drug-likeness (QED) is 0.705. The van der Waals surface area contributed by atoms with Gasteiger partial charge in [-0.05, 0) is 11.8 Å². The van der Waals surface area contributed by atoms with Crippen molar-refractivity contribution in [2.24, 2.45) is 11.8 Å². The third kappa shape index (κ3) is 51.9. The monoisotopic (exact) mass is 248 g/mol. The molecule has 0 unspecified atom stereocenters. The molecular weight excluding hydrogens is 220 g/mol. The smallest absolute Gasteiger partial charge is 0.305 e. The normalized spacial score (nSPS) is 8.59. The van der Waals surface area contributed by atoms with Gasteiger partial charge in [-0.1, -0.05) is 34.6 Å². The molecule has 0 heterocycles. The van der Waals surface area contributed by atoms with Gasteiger partial charge < -0.3 is 9.47 Å². The van der Waals surface area contributed by atoms with Crippen LogP contribution in [0.2, 0.25) is 0 Å². The van der Waals surface area contributed by atoms with Crippen LogP contribution in [0.15, 0.2) is 0 Å². The van der Waals surface area contributed by atoms with Gasteiger partial charge >= 0.3 is 11.9 Å². The minimum atomic E-state index is -0.245. The molecule has 0 fully saturated rings. The molecule has 0 aliphatic carbocycles. The standard InChI is InChI=1S/C6H12O2.C4H10.C3H6O2/c1-5(2)4-6(7)8-3;1-4(2)3;1-3(4)5-2/h5H,4H2,1-3H3;4H,1-3H3;1-2H3. The molecule has 0 atom stereocenters. The molecule has 0 spiro atoms. The fraction of sp³-hybridized carbons (Fsp3) is 0.846. The maximum Gasteiger partial charge on any atom is 0.305 e. The first kappa shape index (κ1) is 21.2. The second kappa shape index (κ2) is 14.9. The minimum absolute atomic E-state index is 0.125. The summed E-state index contributed by atoms with van der Waals surface area (Å²) in [6.07, 6.45) is 0.524. The lowest BCUT2D eigenvalue weighted by atomic mass is 10.1. The number of hydrogen-bond acceptors (Lipinski definition) is 4. The molecular formula is C13H28O4. The number of hydrogen-bond donors (Lipinski definition) is 0. The Hall–Kier alpha value is -1.06. The summed E-state index contributed by atoms with van der Waals surface area (Å²) in [4.78, 5) is 20.0. The van der Waals surface area contributed by atoms with E-state index in [2.05, 4.69) is 30.2 Å². The molecule has 0 aliphatic heterocycles. The van der Waals surface area contributed by atoms with Crippen molar-refractivity contribution in [3.05, 3.63) is 0 Å². The average Bonchev–Trinajstić information content (AvgIpc) is 2.16. The molecule has 17 heavy (non-hydrogen) atoms. The molecule has 0 saturated heterocycles. The second-order valence-corrected chi connectivity index (χ2v) is 4.60. The zero-order valence-electron chi connectivity index (χ0n) is 12.5. The number of ether oxygens (including phenoxy) is 2. The lowest BCUT2D eigenvalue weighted by Gasteiger charge is -1.99. The Labute approximate surface area is 106 Å². The molecule has 0 saturated carbocycles. The Morgan fingerprint density at radius 3 is 1.29 bits per heavy atom. The van der Waals surface area contributed by atoms with Crippen LogP contribution in [0.3, 0.4) is 0 Å². The summed E-state index contributed by atoms with van der Waals surface area (Å²) in [5, 5.41) is 0. The number of carbonyl (C=O) groups is 2. The molecule has 0 amide bonds. The highest BCUT2D eigenvalue weighted by atomic mass is 16.5. The molecule has 0 aliphatic rings. The van der Waals surface area contributed by atoms with Crippen LogP contribution >= 0.6 is 0 Å². The van der Waals surface area contributed by atoms with Crippen molar-refractivity contribution in [3.63, 3.8) is 0 Å². The van der Waals surface area contributed by atoms with Crippen molar-refractivity contribution in [2.45, 2.75) is 48.0 Å². The zero-order chi connectivity index (χ0) is 14.4. The predicted octanol–water partition coefficient (Wildman–Crippen LogP) is 3.05. The third-order valence-electron chi connectivity index (χ3n) is 1.09. The van der Waals surface area contributed by atoms with Crippen molar-refractivity contribution in [2.75, 3.05) is 14.2 Å². The molecule has 0 rings (SSSR count). The maximum atomic E-state index is 10.4. The number of methoxy groups -OCH3 is 2. The van der Waals surface area contributed by atoms with Gasteiger partial charge in [0.05, 0.1) is 14.2 Å². The lowest BCUT2D eigenvalue weighted by Crippen LogP contribution is -2.03. The van der Waals surface area contributed by atoms with Gasteiger partial charge in [-0.3, -0.25) is 9.59 Å². The molecule has 4 nitrogen and oxygen atoms in total. The van der Waals surface area contributed by atoms with Crippen LogP contribution in [0.1, 0.15) is 48.0 Å². The van der Waals surface area contributed by atoms with Gasteiger partial charge in [0.1, 0.15) is 0 Å². The van der Waals surface area contributed by atoms with Gasteiger partial charge in [0.25, 0.3) is 0 Å². The summed E-state index contributed by atoms with van der Waals surface area (Å²) < 4.78 is 8.53. The molecule has 0 radical (unpaired) electrons. The van der Waals surface area contributed by atoms with Crippen LogP contribution < -0.4 is 0 Å². The third-order valence-corrected chi connectivity index (χ3v) is 1.09. The average molecular weight is 248 g/mol. The first-order chi connectivity index (χ1) is 7.67. The van der Waals surface area contributed by atoms with Crippen LogP contribution in [-0.4, -0.2) is 26.2 Å². The van der Waals surface area contributed by atoms with Gasteiger partial charge in [0, 0.05) is 13.3 Å². The highest BCUT2D eigenvalue weighted by Crippen LogP contribution is 1.98. The summed E-state index contributed by atoms with van der Waals surface area (Å²) in [6, 6.07) is 0. The van der Waals surface area contributed by atoms with E-state index in [1.165, 1.54) is 21.1 Å². The fourth-order valence-corrected chi connectivity index (χ4v) is 0.417. The van der Waals surface area contributed by atoms with Crippen LogP contribution in [0.5, 0.6) is 0 Å². The van der Waals surface area contributed by atoms with Gasteiger partial charge in [-0.25, -0.2) is 0 Å². The van der Waals surface area contributed by atoms with Crippen molar-refractivity contribution in [1.82, 2.24) is 0 Å². The summed E-state index contributed by atoms with van der Waals surface area (Å²) in [7, 11) is 2.76. The first-order valence-electron chi connectivity index (χ1n) is 5.78. The number of rotatable bonds is 2. The van der Waals surface area contributed by atoms with Gasteiger partial charge in [0.15, 0.2) is 0 Å². The molecule has 0 bridgehead atoms. The summed E-state index contributed by atoms with van der Waals surface area (Å²) in [6.45, 7) is 11.8. The van der Waals surface area contributed by atoms with Crippen molar-refractivity contribution < 1.29 is 19.1 Å². The molecule has 0 aromatic carbocycles. The number of esters is 2. The highest BCUT2D eigenvalue weighted by Gasteiger charge is 2.01. The van der Waals surface area contributed by atoms with E-state index in [-0.39, 0.29) is 11.9 Å². The Balaban J connectivity index is -0.000000188. The lowest BCUT2D eigenvalue weighted by molar-refractivity contribution is -0.141. The largest absolute Gasteiger partial charge is 0.469 e. The molecule has 0 aromatic rings. The minimum Gasteiger partial charge on any atom is -0.469 e. The predicted molar refractivity (Wildman–Crippen MR) is 69.7 cm³/mol. The summed E-state index contributed by atoms with van der Waals surface area (Å²) in [5.41, 5.74) is 0. The van der Waals surface area contributed by atoms with Gasteiger partial charge in [-0.15, -0.1) is 0 Å². The van der Waals surface area contributed by atoms with E-state index in [9.17, 15) is 9.59 Å². The SMILES string of the molecule is CC(C)C.COC(=O)CC(C)C.COC(C)=O. The van der Waals surface area contributed by atoms with Crippen LogP contribution in [0.4, 0.5) is 0 Å². The van der Waals surface area contributed by atoms with Crippen molar-refractivity contribution >= 4 is 11.9 Å². The van der Waals surface area contributed by atoms with E-state index in [1.54, 1.807) is 0 Å². The summed E-state index contributed by atoms with van der Waals surface area (Å²) >= 11 is 0. The van der Waals surface area contributed by atoms with E-state index in [4.69, 9.17) is 0 Å². The van der Waals surface area contributed by atoms with E-state index in [1.807, 2.05) is 13.8 Å². The Morgan fingerprint density at radius 1 is 0.941 bits per heavy atom. The van der Waals surface area contributed by atoms with Gasteiger partial charge in [0.2, 0.25) is 0 Å². The van der Waals surface area contributed by atoms with E-state index in [0.717, 1.165) is 5.92 Å². The highest BCUT2D eigenvalue weighted by molar-refractivity contribution is 5.69. The molecule has 4 heteroatoms. The summed E-state index contributed by atoms with van der Waals surface area (Å²) in [5.74, 6) is 0.868. The van der Waals surface area contributed by atoms with Crippen molar-refractivity contribution in [1.29, 1.82) is 0 Å². The topological polar surface area (TPSA) is 52.6 Å². The Kier molecular flexibility index (Phi) is 18.7. The van der Waals surface area contributed by atoms with Crippen LogP contribution in [0, 0.1) is 11.8 Å². The van der Waals surface area contributed by atoms with E-state index >= 15 is 0 Å². The first-order valence-corrected chi connectivity index (χ1v) is 5.78. The van der Waals surface area contributed by atoms with Crippen molar-refractivity contribution in [3.8, 4) is 0 Å². The molecule has 0 N–H and O–H groups in total. The van der Waals surface area contributed by atoms with E-state index < -0.39 is 0 Å². The van der Waals surface area contributed by atoms with Crippen LogP contribution in [-0.2, 0) is 19.1 Å². The van der Waals surface area contributed by atoms with Crippen LogP contribution in [0.25, 0.3) is 0 Å². The van der Waals surface area contributed by atoms with E-state index in [0.29, 0.717) is 12.3 Å². The second-order valence-electron chi connectivity index (χ2n) is 4.60. The Bertz CT molecular complexity index is 183. The van der Waals surface area contributed by atoms with Gasteiger partial charge in [-0.2, -0.15) is 0 Å².